The third-order valence-electron chi connectivity index (χ3n) is 2.92. The number of hydrogen-bond acceptors (Lipinski definition) is 4. The van der Waals surface area contributed by atoms with Crippen molar-refractivity contribution in [2.45, 2.75) is 25.3 Å². The predicted molar refractivity (Wildman–Crippen MR) is 83.3 cm³/mol. The van der Waals surface area contributed by atoms with Gasteiger partial charge in [-0.15, -0.1) is 11.3 Å². The van der Waals surface area contributed by atoms with E-state index in [-0.39, 0.29) is 5.97 Å². The number of methoxy groups -OCH3 is 1. The van der Waals surface area contributed by atoms with Crippen molar-refractivity contribution in [2.24, 2.45) is 0 Å². The van der Waals surface area contributed by atoms with Crippen LogP contribution in [0.1, 0.15) is 23.3 Å². The van der Waals surface area contributed by atoms with Crippen molar-refractivity contribution in [2.75, 3.05) is 7.11 Å². The Hall–Kier alpha value is 0.0200. The summed E-state index contributed by atoms with van der Waals surface area (Å²) < 4.78 is 6.81. The van der Waals surface area contributed by atoms with Crippen LogP contribution in [-0.2, 0) is 9.53 Å². The maximum Gasteiger partial charge on any atom is 0.331 e. The van der Waals surface area contributed by atoms with Crippen LogP contribution in [0.15, 0.2) is 8.26 Å². The fourth-order valence-corrected chi connectivity index (χ4v) is 4.30. The first-order chi connectivity index (χ1) is 8.41. The number of carbonyl (C=O) groups excluding carboxylic acids is 1. The van der Waals surface area contributed by atoms with Gasteiger partial charge < -0.3 is 10.1 Å². The van der Waals surface area contributed by atoms with Gasteiger partial charge in [-0.2, -0.15) is 0 Å². The first-order valence-electron chi connectivity index (χ1n) is 5.26. The van der Waals surface area contributed by atoms with Gasteiger partial charge in [-0.1, -0.05) is 12.2 Å². The van der Waals surface area contributed by atoms with E-state index in [2.05, 4.69) is 37.2 Å². The minimum Gasteiger partial charge on any atom is -0.467 e. The molecule has 98 valence electrons. The Bertz CT molecular complexity index is 523. The highest BCUT2D eigenvalue weighted by Crippen LogP contribution is 2.40. The molecule has 1 heterocycles. The lowest BCUT2D eigenvalue weighted by atomic mass is 10.2. The van der Waals surface area contributed by atoms with Gasteiger partial charge >= 0.3 is 5.97 Å². The fourth-order valence-electron chi connectivity index (χ4n) is 1.65. The lowest BCUT2D eigenvalue weighted by Gasteiger charge is -2.16. The quantitative estimate of drug-likeness (QED) is 0.608. The molecule has 18 heavy (non-hydrogen) atoms. The van der Waals surface area contributed by atoms with E-state index in [4.69, 9.17) is 17.0 Å². The number of nitrogens with one attached hydrogen (secondary N) is 1. The molecule has 1 aliphatic rings. The summed E-state index contributed by atoms with van der Waals surface area (Å²) in [7, 11) is 1.40. The minimum absolute atomic E-state index is 0.239. The summed E-state index contributed by atoms with van der Waals surface area (Å²) in [5.41, 5.74) is 0.478. The van der Waals surface area contributed by atoms with Crippen molar-refractivity contribution in [3.63, 3.8) is 0 Å². The monoisotopic (exact) mass is 411 g/mol. The van der Waals surface area contributed by atoms with Crippen LogP contribution in [0.25, 0.3) is 0 Å². The number of thiocarbonyl (C=S) groups is 1. The summed E-state index contributed by atoms with van der Waals surface area (Å²) in [6.45, 7) is 1.99. The fraction of sp³-hybridized carbons (Fsp3) is 0.455. The lowest BCUT2D eigenvalue weighted by molar-refractivity contribution is -0.143. The largest absolute Gasteiger partial charge is 0.467 e. The molecule has 0 radical (unpaired) electrons. The summed E-state index contributed by atoms with van der Waals surface area (Å²) in [5.74, 6) is -0.239. The van der Waals surface area contributed by atoms with Crippen LogP contribution < -0.4 is 5.32 Å². The first-order valence-corrected chi connectivity index (χ1v) is 8.07. The van der Waals surface area contributed by atoms with Crippen LogP contribution in [0.3, 0.4) is 0 Å². The number of halogens is 2. The molecule has 1 N–H and O–H groups in total. The Morgan fingerprint density at radius 2 is 2.11 bits per heavy atom. The van der Waals surface area contributed by atoms with Gasteiger partial charge in [0, 0.05) is 4.47 Å². The third kappa shape index (κ3) is 2.50. The van der Waals surface area contributed by atoms with Crippen LogP contribution in [0, 0.1) is 6.92 Å². The highest BCUT2D eigenvalue weighted by Gasteiger charge is 2.52. The Morgan fingerprint density at radius 1 is 1.50 bits per heavy atom. The number of thiophene rings is 1. The maximum absolute atomic E-state index is 11.7. The summed E-state index contributed by atoms with van der Waals surface area (Å²) in [5, 5.41) is 3.14. The van der Waals surface area contributed by atoms with Crippen molar-refractivity contribution in [3.05, 3.63) is 18.7 Å². The molecule has 1 aromatic heterocycles. The summed E-state index contributed by atoms with van der Waals surface area (Å²) in [6.07, 6.45) is 1.54. The second-order valence-electron chi connectivity index (χ2n) is 4.17. The van der Waals surface area contributed by atoms with E-state index in [1.807, 2.05) is 6.92 Å². The van der Waals surface area contributed by atoms with Gasteiger partial charge in [-0.3, -0.25) is 0 Å². The second-order valence-corrected chi connectivity index (χ2v) is 7.71. The van der Waals surface area contributed by atoms with Gasteiger partial charge in [0.1, 0.15) is 10.5 Å². The van der Waals surface area contributed by atoms with E-state index in [9.17, 15) is 4.79 Å². The zero-order valence-electron chi connectivity index (χ0n) is 9.80. The van der Waals surface area contributed by atoms with Gasteiger partial charge in [0.05, 0.1) is 15.8 Å². The first kappa shape index (κ1) is 14.4. The average Bonchev–Trinajstić information content (AvgIpc) is 3.08. The highest BCUT2D eigenvalue weighted by atomic mass is 79.9. The van der Waals surface area contributed by atoms with Crippen molar-refractivity contribution in [3.8, 4) is 0 Å². The Labute approximate surface area is 132 Å². The third-order valence-corrected chi connectivity index (χ3v) is 7.12. The highest BCUT2D eigenvalue weighted by molar-refractivity contribution is 9.13. The summed E-state index contributed by atoms with van der Waals surface area (Å²) in [6, 6.07) is 0. The number of ether oxygens (including phenoxy) is 1. The molecule has 0 aliphatic heterocycles. The summed E-state index contributed by atoms with van der Waals surface area (Å²) in [4.78, 5) is 13.2. The number of esters is 1. The Morgan fingerprint density at radius 3 is 2.50 bits per heavy atom. The molecule has 1 aromatic rings. The molecule has 1 fully saturated rings. The van der Waals surface area contributed by atoms with E-state index in [0.29, 0.717) is 4.99 Å². The van der Waals surface area contributed by atoms with Crippen LogP contribution in [-0.4, -0.2) is 23.6 Å². The number of rotatable bonds is 3. The molecule has 0 amide bonds. The van der Waals surface area contributed by atoms with E-state index >= 15 is 0 Å². The molecule has 3 nitrogen and oxygen atoms in total. The van der Waals surface area contributed by atoms with Gasteiger partial charge in [-0.05, 0) is 57.2 Å². The molecule has 1 aliphatic carbocycles. The molecule has 1 saturated carbocycles. The second kappa shape index (κ2) is 5.19. The minimum atomic E-state index is -0.596. The topological polar surface area (TPSA) is 38.3 Å². The lowest BCUT2D eigenvalue weighted by Crippen LogP contribution is -2.43. The zero-order chi connectivity index (χ0) is 13.5. The molecule has 0 spiro atoms. The van der Waals surface area contributed by atoms with E-state index in [0.717, 1.165) is 31.5 Å². The van der Waals surface area contributed by atoms with Crippen LogP contribution in [0.4, 0.5) is 0 Å². The average molecular weight is 413 g/mol. The van der Waals surface area contributed by atoms with Crippen LogP contribution >= 0.6 is 55.4 Å². The van der Waals surface area contributed by atoms with Crippen molar-refractivity contribution in [1.82, 2.24) is 5.32 Å². The molecule has 0 aromatic carbocycles. The Kier molecular flexibility index (Phi) is 4.16. The normalized spacial score (nSPS) is 16.2. The van der Waals surface area contributed by atoms with Gasteiger partial charge in [0.15, 0.2) is 0 Å². The number of carbonyl (C=O) groups is 1. The molecule has 0 unspecified atom stereocenters. The summed E-state index contributed by atoms with van der Waals surface area (Å²) >= 11 is 13.9. The van der Waals surface area contributed by atoms with Crippen molar-refractivity contribution < 1.29 is 9.53 Å². The van der Waals surface area contributed by atoms with Crippen LogP contribution in [0.2, 0.25) is 0 Å². The Balaban J connectivity index is 2.18. The van der Waals surface area contributed by atoms with E-state index in [1.54, 1.807) is 11.3 Å². The van der Waals surface area contributed by atoms with Crippen LogP contribution in [0.5, 0.6) is 0 Å². The molecule has 0 saturated heterocycles. The standard InChI is InChI=1S/C11H11Br2NO2S2/c1-5-6(12)8(13)18-7(5)9(17)14-11(3-4-11)10(15)16-2/h3-4H2,1-2H3,(H,14,17). The van der Waals surface area contributed by atoms with Gasteiger partial charge in [0.2, 0.25) is 0 Å². The SMILES string of the molecule is COC(=O)C1(NC(=S)c2sc(Br)c(Br)c2C)CC1. The molecular formula is C11H11Br2NO2S2. The predicted octanol–water partition coefficient (Wildman–Crippen LogP) is 3.55. The molecule has 0 bridgehead atoms. The smallest absolute Gasteiger partial charge is 0.331 e. The van der Waals surface area contributed by atoms with Gasteiger partial charge in [0.25, 0.3) is 0 Å². The van der Waals surface area contributed by atoms with Crippen molar-refractivity contribution >= 4 is 66.4 Å². The van der Waals surface area contributed by atoms with E-state index in [1.165, 1.54) is 7.11 Å². The zero-order valence-corrected chi connectivity index (χ0v) is 14.6. The molecule has 2 rings (SSSR count). The maximum atomic E-state index is 11.7. The van der Waals surface area contributed by atoms with Gasteiger partial charge in [-0.25, -0.2) is 4.79 Å². The van der Waals surface area contributed by atoms with E-state index < -0.39 is 5.54 Å². The number of hydrogen-bond donors (Lipinski definition) is 1. The molecule has 0 atom stereocenters. The van der Waals surface area contributed by atoms with Crippen molar-refractivity contribution in [1.29, 1.82) is 0 Å². The molecular weight excluding hydrogens is 402 g/mol. The molecule has 7 heteroatoms.